The summed E-state index contributed by atoms with van der Waals surface area (Å²) in [5.74, 6) is -0.0534. The van der Waals surface area contributed by atoms with Crippen molar-refractivity contribution in [1.82, 2.24) is 4.90 Å². The van der Waals surface area contributed by atoms with Gasteiger partial charge in [0.2, 0.25) is 0 Å². The smallest absolute Gasteiger partial charge is 0.167 e. The van der Waals surface area contributed by atoms with E-state index in [0.717, 1.165) is 42.6 Å². The Morgan fingerprint density at radius 2 is 1.44 bits per heavy atom. The van der Waals surface area contributed by atoms with E-state index in [1.165, 1.54) is 0 Å². The highest BCUT2D eigenvalue weighted by atomic mass is 16.3. The van der Waals surface area contributed by atoms with Crippen molar-refractivity contribution in [2.45, 2.75) is 44.1 Å². The van der Waals surface area contributed by atoms with Gasteiger partial charge in [0.1, 0.15) is 11.4 Å². The third kappa shape index (κ3) is 5.39. The number of nitrogens with zero attached hydrogens (tertiary/aromatic N) is 1. The van der Waals surface area contributed by atoms with Gasteiger partial charge in [0.25, 0.3) is 0 Å². The van der Waals surface area contributed by atoms with Gasteiger partial charge >= 0.3 is 0 Å². The van der Waals surface area contributed by atoms with Crippen molar-refractivity contribution < 1.29 is 20.1 Å². The number of piperidine rings is 1. The molecule has 0 unspecified atom stereocenters. The minimum atomic E-state index is -1.06. The lowest BCUT2D eigenvalue weighted by molar-refractivity contribution is -0.0141. The summed E-state index contributed by atoms with van der Waals surface area (Å²) in [6, 6.07) is 24.9. The Labute approximate surface area is 214 Å². The molecule has 5 heteroatoms. The first-order valence-corrected chi connectivity index (χ1v) is 12.8. The molecular weight excluding hydrogens is 450 g/mol. The summed E-state index contributed by atoms with van der Waals surface area (Å²) >= 11 is 0. The quantitative estimate of drug-likeness (QED) is 0.375. The summed E-state index contributed by atoms with van der Waals surface area (Å²) in [6.45, 7) is 5.96. The van der Waals surface area contributed by atoms with Crippen LogP contribution >= 0.6 is 0 Å². The lowest BCUT2D eigenvalue weighted by Gasteiger charge is -2.42. The number of phenolic OH excluding ortho intramolecular Hbond substituents is 1. The second-order valence-corrected chi connectivity index (χ2v) is 10.6. The lowest BCUT2D eigenvalue weighted by atomic mass is 9.72. The Balaban J connectivity index is 1.39. The number of aromatic hydroxyl groups is 1. The molecule has 3 aromatic rings. The van der Waals surface area contributed by atoms with Crippen molar-refractivity contribution in [2.24, 2.45) is 5.92 Å². The third-order valence-corrected chi connectivity index (χ3v) is 7.74. The monoisotopic (exact) mass is 487 g/mol. The Kier molecular flexibility index (Phi) is 7.94. The topological polar surface area (TPSA) is 81.0 Å². The van der Waals surface area contributed by atoms with Crippen LogP contribution in [0, 0.1) is 5.92 Å². The van der Waals surface area contributed by atoms with E-state index in [9.17, 15) is 20.1 Å². The summed E-state index contributed by atoms with van der Waals surface area (Å²) in [5, 5.41) is 32.1. The second kappa shape index (κ2) is 11.0. The fraction of sp³-hybridized carbons (Fsp3) is 0.387. The van der Waals surface area contributed by atoms with Crippen molar-refractivity contribution in [3.05, 3.63) is 101 Å². The maximum absolute atomic E-state index is 12.9. The van der Waals surface area contributed by atoms with Gasteiger partial charge in [0.15, 0.2) is 5.78 Å². The normalized spacial score (nSPS) is 15.7. The van der Waals surface area contributed by atoms with Gasteiger partial charge in [-0.1, -0.05) is 80.6 Å². The Morgan fingerprint density at radius 1 is 0.889 bits per heavy atom. The van der Waals surface area contributed by atoms with E-state index >= 15 is 0 Å². The predicted octanol–water partition coefficient (Wildman–Crippen LogP) is 4.88. The molecule has 0 saturated carbocycles. The van der Waals surface area contributed by atoms with Crippen LogP contribution in [0.1, 0.15) is 60.2 Å². The van der Waals surface area contributed by atoms with E-state index in [0.29, 0.717) is 18.5 Å². The number of hydrogen-bond acceptors (Lipinski definition) is 5. The van der Waals surface area contributed by atoms with Crippen LogP contribution in [0.2, 0.25) is 0 Å². The van der Waals surface area contributed by atoms with Crippen LogP contribution in [0.5, 0.6) is 5.75 Å². The highest BCUT2D eigenvalue weighted by Crippen LogP contribution is 2.42. The molecule has 4 rings (SSSR count). The number of phenols is 1. The number of likely N-dealkylation sites (tertiary alicyclic amines) is 1. The predicted molar refractivity (Wildman–Crippen MR) is 142 cm³/mol. The molecule has 1 aliphatic heterocycles. The van der Waals surface area contributed by atoms with Gasteiger partial charge in [-0.05, 0) is 60.7 Å². The van der Waals surface area contributed by atoms with Crippen LogP contribution in [0.3, 0.4) is 0 Å². The highest BCUT2D eigenvalue weighted by molar-refractivity contribution is 5.98. The maximum atomic E-state index is 12.9. The largest absolute Gasteiger partial charge is 0.507 e. The molecule has 190 valence electrons. The van der Waals surface area contributed by atoms with Gasteiger partial charge in [-0.25, -0.2) is 0 Å². The highest BCUT2D eigenvalue weighted by Gasteiger charge is 2.41. The fourth-order valence-electron chi connectivity index (χ4n) is 5.27. The zero-order valence-corrected chi connectivity index (χ0v) is 21.2. The Morgan fingerprint density at radius 3 is 1.94 bits per heavy atom. The number of hydrogen-bond donors (Lipinski definition) is 3. The Hall–Kier alpha value is -2.99. The first-order valence-electron chi connectivity index (χ1n) is 12.8. The third-order valence-electron chi connectivity index (χ3n) is 7.74. The average molecular weight is 488 g/mol. The van der Waals surface area contributed by atoms with E-state index in [1.807, 2.05) is 80.6 Å². The molecule has 3 N–H and O–H groups in total. The first kappa shape index (κ1) is 26.1. The molecule has 5 nitrogen and oxygen atoms in total. The summed E-state index contributed by atoms with van der Waals surface area (Å²) in [6.07, 6.45) is 1.97. The van der Waals surface area contributed by atoms with Crippen LogP contribution in [-0.2, 0) is 11.0 Å². The molecule has 3 aromatic carbocycles. The van der Waals surface area contributed by atoms with Gasteiger partial charge < -0.3 is 20.2 Å². The van der Waals surface area contributed by atoms with E-state index in [-0.39, 0.29) is 24.1 Å². The number of aliphatic hydroxyl groups is 2. The number of benzene rings is 3. The van der Waals surface area contributed by atoms with Crippen LogP contribution in [0.15, 0.2) is 78.9 Å². The molecule has 1 aliphatic rings. The molecule has 0 atom stereocenters. The molecule has 0 aromatic heterocycles. The summed E-state index contributed by atoms with van der Waals surface area (Å²) < 4.78 is 0. The molecular formula is C31H37NO4. The van der Waals surface area contributed by atoms with Gasteiger partial charge in [-0.2, -0.15) is 0 Å². The molecule has 0 aliphatic carbocycles. The van der Waals surface area contributed by atoms with E-state index in [2.05, 4.69) is 4.90 Å². The van der Waals surface area contributed by atoms with E-state index < -0.39 is 11.0 Å². The van der Waals surface area contributed by atoms with Crippen LogP contribution in [0.25, 0.3) is 0 Å². The molecule has 1 fully saturated rings. The Bertz CT molecular complexity index is 1110. The number of carbonyl (C=O) groups excluding carboxylic acids is 1. The standard InChI is InChI=1S/C31H37NO4/c1-30(2,22-33)26-13-14-27(29(35)21-26)28(34)17-20-32-18-15-25(16-19-32)31(36,23-9-5-3-6-10-23)24-11-7-4-8-12-24/h3-14,21,25,33,35-36H,15-20,22H2,1-2H3. The van der Waals surface area contributed by atoms with Gasteiger partial charge in [-0.15, -0.1) is 0 Å². The van der Waals surface area contributed by atoms with E-state index in [4.69, 9.17) is 0 Å². The molecule has 0 spiro atoms. The number of aliphatic hydroxyl groups excluding tert-OH is 1. The molecule has 0 bridgehead atoms. The summed E-state index contributed by atoms with van der Waals surface area (Å²) in [4.78, 5) is 15.1. The molecule has 36 heavy (non-hydrogen) atoms. The molecule has 0 radical (unpaired) electrons. The first-order chi connectivity index (χ1) is 17.3. The summed E-state index contributed by atoms with van der Waals surface area (Å²) in [5.41, 5.74) is 1.40. The van der Waals surface area contributed by atoms with Crippen molar-refractivity contribution >= 4 is 5.78 Å². The number of ketones is 1. The van der Waals surface area contributed by atoms with Crippen molar-refractivity contribution in [2.75, 3.05) is 26.2 Å². The van der Waals surface area contributed by atoms with Crippen LogP contribution in [0.4, 0.5) is 0 Å². The minimum Gasteiger partial charge on any atom is -0.507 e. The van der Waals surface area contributed by atoms with Crippen LogP contribution < -0.4 is 0 Å². The zero-order chi connectivity index (χ0) is 25.8. The van der Waals surface area contributed by atoms with E-state index in [1.54, 1.807) is 12.1 Å². The van der Waals surface area contributed by atoms with Gasteiger partial charge in [-0.3, -0.25) is 4.79 Å². The van der Waals surface area contributed by atoms with Crippen molar-refractivity contribution in [3.63, 3.8) is 0 Å². The SMILES string of the molecule is CC(C)(CO)c1ccc(C(=O)CCN2CCC(C(O)(c3ccccc3)c3ccccc3)CC2)c(O)c1. The van der Waals surface area contributed by atoms with Crippen LogP contribution in [-0.4, -0.2) is 52.2 Å². The number of Topliss-reactive ketones (excluding diaryl/α,β-unsaturated/α-hetero) is 1. The zero-order valence-electron chi connectivity index (χ0n) is 21.2. The second-order valence-electron chi connectivity index (χ2n) is 10.6. The lowest BCUT2D eigenvalue weighted by Crippen LogP contribution is -2.44. The average Bonchev–Trinajstić information content (AvgIpc) is 2.92. The van der Waals surface area contributed by atoms with Crippen molar-refractivity contribution in [3.8, 4) is 5.75 Å². The minimum absolute atomic E-state index is 0.0338. The fourth-order valence-corrected chi connectivity index (χ4v) is 5.27. The number of carbonyl (C=O) groups is 1. The molecule has 0 amide bonds. The maximum Gasteiger partial charge on any atom is 0.167 e. The molecule has 1 saturated heterocycles. The summed E-state index contributed by atoms with van der Waals surface area (Å²) in [7, 11) is 0. The van der Waals surface area contributed by atoms with Gasteiger partial charge in [0.05, 0.1) is 12.2 Å². The van der Waals surface area contributed by atoms with Gasteiger partial charge in [0, 0.05) is 18.4 Å². The number of rotatable bonds is 9. The molecule has 1 heterocycles. The van der Waals surface area contributed by atoms with Crippen molar-refractivity contribution in [1.29, 1.82) is 0 Å².